The first-order valence-electron chi connectivity index (χ1n) is 5.57. The van der Waals surface area contributed by atoms with Gasteiger partial charge < -0.3 is 4.74 Å². The molecule has 0 aliphatic rings. The van der Waals surface area contributed by atoms with Crippen LogP contribution < -0.4 is 4.74 Å². The van der Waals surface area contributed by atoms with E-state index in [2.05, 4.69) is 6.07 Å². The summed E-state index contributed by atoms with van der Waals surface area (Å²) in [6.07, 6.45) is 0. The highest BCUT2D eigenvalue weighted by Crippen LogP contribution is 2.21. The number of benzene rings is 2. The molecule has 18 heavy (non-hydrogen) atoms. The van der Waals surface area contributed by atoms with Gasteiger partial charge in [-0.15, -0.1) is 0 Å². The Hall–Kier alpha value is -1.98. The van der Waals surface area contributed by atoms with Crippen LogP contribution >= 0.6 is 11.6 Å². The zero-order valence-electron chi connectivity index (χ0n) is 9.98. The highest BCUT2D eigenvalue weighted by atomic mass is 35.5. The first-order valence-corrected chi connectivity index (χ1v) is 5.95. The molecule has 0 unspecified atom stereocenters. The van der Waals surface area contributed by atoms with E-state index in [1.807, 2.05) is 43.3 Å². The number of hydrogen-bond donors (Lipinski definition) is 0. The van der Waals surface area contributed by atoms with Crippen molar-refractivity contribution in [1.29, 1.82) is 5.26 Å². The summed E-state index contributed by atoms with van der Waals surface area (Å²) >= 11 is 5.90. The quantitative estimate of drug-likeness (QED) is 0.829. The normalized spacial score (nSPS) is 9.83. The minimum atomic E-state index is 0.401. The Balaban J connectivity index is 2.15. The van der Waals surface area contributed by atoms with Gasteiger partial charge in [0.15, 0.2) is 0 Å². The van der Waals surface area contributed by atoms with E-state index < -0.39 is 0 Å². The molecule has 0 saturated carbocycles. The van der Waals surface area contributed by atoms with E-state index in [1.54, 1.807) is 6.07 Å². The third kappa shape index (κ3) is 3.03. The second kappa shape index (κ2) is 5.57. The highest BCUT2D eigenvalue weighted by Gasteiger charge is 2.04. The minimum Gasteiger partial charge on any atom is -0.488 e. The third-order valence-corrected chi connectivity index (χ3v) is 2.78. The van der Waals surface area contributed by atoms with Crippen LogP contribution in [0.3, 0.4) is 0 Å². The van der Waals surface area contributed by atoms with Crippen molar-refractivity contribution in [3.05, 3.63) is 64.2 Å². The molecule has 0 radical (unpaired) electrons. The van der Waals surface area contributed by atoms with Crippen molar-refractivity contribution in [1.82, 2.24) is 0 Å². The molecule has 0 fully saturated rings. The van der Waals surface area contributed by atoms with Gasteiger partial charge in [-0.2, -0.15) is 5.26 Å². The van der Waals surface area contributed by atoms with Gasteiger partial charge >= 0.3 is 0 Å². The molecule has 0 aliphatic heterocycles. The molecule has 0 spiro atoms. The van der Waals surface area contributed by atoms with E-state index in [0.29, 0.717) is 22.9 Å². The minimum absolute atomic E-state index is 0.401. The van der Waals surface area contributed by atoms with E-state index in [9.17, 15) is 0 Å². The molecule has 2 aromatic rings. The summed E-state index contributed by atoms with van der Waals surface area (Å²) in [6, 6.07) is 15.1. The summed E-state index contributed by atoms with van der Waals surface area (Å²) in [5, 5.41) is 9.68. The summed E-state index contributed by atoms with van der Waals surface area (Å²) < 4.78 is 5.67. The Morgan fingerprint density at radius 2 is 2.06 bits per heavy atom. The lowest BCUT2D eigenvalue weighted by atomic mass is 10.1. The number of halogens is 1. The SMILES string of the molecule is Cc1ccc(C#N)c(OCc2cccc(Cl)c2)c1. The van der Waals surface area contributed by atoms with Gasteiger partial charge in [-0.3, -0.25) is 0 Å². The van der Waals surface area contributed by atoms with Crippen molar-refractivity contribution in [2.24, 2.45) is 0 Å². The van der Waals surface area contributed by atoms with Crippen molar-refractivity contribution in [3.63, 3.8) is 0 Å². The van der Waals surface area contributed by atoms with E-state index in [1.165, 1.54) is 0 Å². The van der Waals surface area contributed by atoms with Crippen molar-refractivity contribution in [2.75, 3.05) is 0 Å². The second-order valence-corrected chi connectivity index (χ2v) is 4.47. The van der Waals surface area contributed by atoms with Gasteiger partial charge in [0, 0.05) is 5.02 Å². The molecule has 90 valence electrons. The smallest absolute Gasteiger partial charge is 0.137 e. The molecular formula is C15H12ClNO. The van der Waals surface area contributed by atoms with Gasteiger partial charge in [0.1, 0.15) is 18.4 Å². The van der Waals surface area contributed by atoms with Crippen molar-refractivity contribution < 1.29 is 4.74 Å². The molecule has 2 rings (SSSR count). The predicted octanol–water partition coefficient (Wildman–Crippen LogP) is 4.10. The number of ether oxygens (including phenoxy) is 1. The summed E-state index contributed by atoms with van der Waals surface area (Å²) in [5.41, 5.74) is 2.59. The Morgan fingerprint density at radius 3 is 2.78 bits per heavy atom. The highest BCUT2D eigenvalue weighted by molar-refractivity contribution is 6.30. The van der Waals surface area contributed by atoms with E-state index in [-0.39, 0.29) is 0 Å². The van der Waals surface area contributed by atoms with Crippen LogP contribution in [0.1, 0.15) is 16.7 Å². The molecule has 0 heterocycles. The molecule has 2 nitrogen and oxygen atoms in total. The van der Waals surface area contributed by atoms with Crippen LogP contribution in [0.25, 0.3) is 0 Å². The summed E-state index contributed by atoms with van der Waals surface area (Å²) in [6.45, 7) is 2.37. The summed E-state index contributed by atoms with van der Waals surface area (Å²) in [4.78, 5) is 0. The molecule has 0 amide bonds. The second-order valence-electron chi connectivity index (χ2n) is 4.03. The molecule has 0 aromatic heterocycles. The van der Waals surface area contributed by atoms with Crippen LogP contribution in [0.15, 0.2) is 42.5 Å². The van der Waals surface area contributed by atoms with E-state index in [4.69, 9.17) is 21.6 Å². The third-order valence-electron chi connectivity index (χ3n) is 2.54. The molecule has 0 bridgehead atoms. The number of nitriles is 1. The maximum Gasteiger partial charge on any atom is 0.137 e. The molecule has 0 N–H and O–H groups in total. The van der Waals surface area contributed by atoms with Gasteiger partial charge in [0.2, 0.25) is 0 Å². The van der Waals surface area contributed by atoms with Gasteiger partial charge in [0.05, 0.1) is 5.56 Å². The fourth-order valence-corrected chi connectivity index (χ4v) is 1.84. The van der Waals surface area contributed by atoms with Crippen LogP contribution in [0.5, 0.6) is 5.75 Å². The Morgan fingerprint density at radius 1 is 1.22 bits per heavy atom. The topological polar surface area (TPSA) is 33.0 Å². The lowest BCUT2D eigenvalue weighted by Gasteiger charge is -2.09. The Kier molecular flexibility index (Phi) is 3.86. The van der Waals surface area contributed by atoms with Crippen LogP contribution in [-0.2, 0) is 6.61 Å². The van der Waals surface area contributed by atoms with Gasteiger partial charge in [-0.25, -0.2) is 0 Å². The average molecular weight is 258 g/mol. The average Bonchev–Trinajstić information content (AvgIpc) is 2.37. The standard InChI is InChI=1S/C15H12ClNO/c1-11-5-6-13(9-17)15(7-11)18-10-12-3-2-4-14(16)8-12/h2-8H,10H2,1H3. The fourth-order valence-electron chi connectivity index (χ4n) is 1.63. The number of hydrogen-bond acceptors (Lipinski definition) is 2. The Labute approximate surface area is 111 Å². The maximum atomic E-state index is 9.00. The lowest BCUT2D eigenvalue weighted by Crippen LogP contribution is -1.97. The van der Waals surface area contributed by atoms with Crippen molar-refractivity contribution in [2.45, 2.75) is 13.5 Å². The fraction of sp³-hybridized carbons (Fsp3) is 0.133. The first-order chi connectivity index (χ1) is 8.69. The van der Waals surface area contributed by atoms with Crippen molar-refractivity contribution in [3.8, 4) is 11.8 Å². The van der Waals surface area contributed by atoms with Crippen LogP contribution in [0, 0.1) is 18.3 Å². The van der Waals surface area contributed by atoms with Crippen LogP contribution in [-0.4, -0.2) is 0 Å². The number of rotatable bonds is 3. The molecule has 3 heteroatoms. The van der Waals surface area contributed by atoms with Crippen LogP contribution in [0.4, 0.5) is 0 Å². The molecule has 0 saturated heterocycles. The lowest BCUT2D eigenvalue weighted by molar-refractivity contribution is 0.305. The number of nitrogens with zero attached hydrogens (tertiary/aromatic N) is 1. The predicted molar refractivity (Wildman–Crippen MR) is 71.7 cm³/mol. The molecule has 2 aromatic carbocycles. The van der Waals surface area contributed by atoms with Crippen LogP contribution in [0.2, 0.25) is 5.02 Å². The van der Waals surface area contributed by atoms with Gasteiger partial charge in [-0.05, 0) is 42.3 Å². The van der Waals surface area contributed by atoms with Crippen molar-refractivity contribution >= 4 is 11.6 Å². The maximum absolute atomic E-state index is 9.00. The zero-order chi connectivity index (χ0) is 13.0. The summed E-state index contributed by atoms with van der Waals surface area (Å²) in [7, 11) is 0. The van der Waals surface area contributed by atoms with Gasteiger partial charge in [-0.1, -0.05) is 29.8 Å². The molecule has 0 aliphatic carbocycles. The largest absolute Gasteiger partial charge is 0.488 e. The number of aryl methyl sites for hydroxylation is 1. The van der Waals surface area contributed by atoms with E-state index in [0.717, 1.165) is 11.1 Å². The Bertz CT molecular complexity index is 602. The first kappa shape index (κ1) is 12.5. The van der Waals surface area contributed by atoms with Gasteiger partial charge in [0.25, 0.3) is 0 Å². The monoisotopic (exact) mass is 257 g/mol. The molecular weight excluding hydrogens is 246 g/mol. The zero-order valence-corrected chi connectivity index (χ0v) is 10.7. The molecule has 0 atom stereocenters. The summed E-state index contributed by atoms with van der Waals surface area (Å²) in [5.74, 6) is 0.609. The van der Waals surface area contributed by atoms with E-state index >= 15 is 0 Å².